The molecule has 0 unspecified atom stereocenters. The van der Waals surface area contributed by atoms with E-state index in [0.717, 1.165) is 34.7 Å². The van der Waals surface area contributed by atoms with Gasteiger partial charge >= 0.3 is 0 Å². The summed E-state index contributed by atoms with van der Waals surface area (Å²) in [6, 6.07) is 14.7. The van der Waals surface area contributed by atoms with Gasteiger partial charge in [0.15, 0.2) is 0 Å². The number of ether oxygens (including phenoxy) is 2. The number of aliphatic imine (C=N–C) groups is 2. The van der Waals surface area contributed by atoms with Crippen molar-refractivity contribution in [2.45, 2.75) is 81.7 Å². The molecule has 2 atom stereocenters. The van der Waals surface area contributed by atoms with Gasteiger partial charge in [-0.2, -0.15) is 0 Å². The molecule has 0 fully saturated rings. The van der Waals surface area contributed by atoms with Gasteiger partial charge in [0.05, 0.1) is 13.2 Å². The van der Waals surface area contributed by atoms with Crippen molar-refractivity contribution in [1.82, 2.24) is 0 Å². The van der Waals surface area contributed by atoms with E-state index < -0.39 is 5.54 Å². The summed E-state index contributed by atoms with van der Waals surface area (Å²) >= 11 is 8.45. The summed E-state index contributed by atoms with van der Waals surface area (Å²) < 4.78 is 12.0. The Morgan fingerprint density at radius 1 is 1.11 bits per heavy atom. The predicted molar refractivity (Wildman–Crippen MR) is 154 cm³/mol. The molecule has 6 heteroatoms. The first-order chi connectivity index (χ1) is 17.3. The first kappa shape index (κ1) is 28.3. The molecule has 1 heterocycles. The maximum atomic E-state index is 6.72. The number of rotatable bonds is 11. The van der Waals surface area contributed by atoms with Gasteiger partial charge in [-0.05, 0) is 82.2 Å². The highest BCUT2D eigenvalue weighted by Gasteiger charge is 2.42. The zero-order valence-electron chi connectivity index (χ0n) is 22.2. The van der Waals surface area contributed by atoms with Gasteiger partial charge in [0.2, 0.25) is 11.8 Å². The summed E-state index contributed by atoms with van der Waals surface area (Å²) in [6.45, 7) is 15.5. The fraction of sp³-hybridized carbons (Fsp3) is 0.467. The summed E-state index contributed by atoms with van der Waals surface area (Å²) in [5.41, 5.74) is 1.80. The maximum Gasteiger partial charge on any atom is 0.213 e. The lowest BCUT2D eigenvalue weighted by Crippen LogP contribution is -2.47. The molecule has 1 aliphatic heterocycles. The maximum absolute atomic E-state index is 6.72. The third kappa shape index (κ3) is 7.17. The molecule has 4 nitrogen and oxygen atoms in total. The van der Waals surface area contributed by atoms with Gasteiger partial charge in [-0.25, -0.2) is 9.98 Å². The predicted octanol–water partition coefficient (Wildman–Crippen LogP) is 8.35. The van der Waals surface area contributed by atoms with Crippen LogP contribution in [-0.4, -0.2) is 36.6 Å². The molecule has 0 aromatic heterocycles. The van der Waals surface area contributed by atoms with Crippen LogP contribution in [0.25, 0.3) is 0 Å². The van der Waals surface area contributed by atoms with E-state index in [2.05, 4.69) is 69.8 Å². The van der Waals surface area contributed by atoms with E-state index in [9.17, 15) is 0 Å². The van der Waals surface area contributed by atoms with E-state index in [1.807, 2.05) is 19.9 Å². The lowest BCUT2D eigenvalue weighted by molar-refractivity contribution is 0.249. The molecular formula is C30H39ClN2O2S. The molecule has 2 aromatic carbocycles. The average molecular weight is 527 g/mol. The van der Waals surface area contributed by atoms with Gasteiger partial charge in [0, 0.05) is 14.8 Å². The van der Waals surface area contributed by atoms with Crippen molar-refractivity contribution in [2.24, 2.45) is 15.9 Å². The largest absolute Gasteiger partial charge is 0.480 e. The van der Waals surface area contributed by atoms with E-state index in [-0.39, 0.29) is 12.0 Å². The van der Waals surface area contributed by atoms with Crippen molar-refractivity contribution in [2.75, 3.05) is 13.2 Å². The summed E-state index contributed by atoms with van der Waals surface area (Å²) in [5.74, 6) is 1.67. The van der Waals surface area contributed by atoms with Crippen LogP contribution in [0.4, 0.5) is 0 Å². The first-order valence-electron chi connectivity index (χ1n) is 12.9. The highest BCUT2D eigenvalue weighted by atomic mass is 35.5. The van der Waals surface area contributed by atoms with Crippen molar-refractivity contribution < 1.29 is 9.47 Å². The molecule has 0 amide bonds. The number of nitrogens with zero attached hydrogens (tertiary/aromatic N) is 2. The summed E-state index contributed by atoms with van der Waals surface area (Å²) in [6.07, 6.45) is 5.06. The summed E-state index contributed by atoms with van der Waals surface area (Å²) in [4.78, 5) is 12.5. The standard InChI is InChI=1S/C30H39ClN2O2S/c1-7-17-30(29(35-9-3)32-27(21(4)5)28(33-30)34-8-2)18-11-13-23-15-16-25(20-26(23)31)36-24-14-10-12-22(6)19-24/h7,10,12,14-16,19-21,27H,1,8-9,11,13,17-18H2,2-6H3/t27-,30+/m0/s1. The van der Waals surface area contributed by atoms with Gasteiger partial charge < -0.3 is 9.47 Å². The molecule has 0 radical (unpaired) electrons. The molecule has 2 aromatic rings. The van der Waals surface area contributed by atoms with Crippen LogP contribution in [0.15, 0.2) is 74.9 Å². The highest BCUT2D eigenvalue weighted by molar-refractivity contribution is 7.99. The number of aryl methyl sites for hydroxylation is 2. The SMILES string of the molecule is C=CC[C@]1(CCCc2ccc(Sc3cccc(C)c3)cc2Cl)N=C(OCC)[C@H](C(C)C)N=C1OCC. The number of benzene rings is 2. The van der Waals surface area contributed by atoms with Crippen LogP contribution in [-0.2, 0) is 15.9 Å². The Morgan fingerprint density at radius 2 is 1.86 bits per heavy atom. The van der Waals surface area contributed by atoms with Crippen LogP contribution in [0.1, 0.15) is 58.1 Å². The van der Waals surface area contributed by atoms with Crippen molar-refractivity contribution in [3.8, 4) is 0 Å². The highest BCUT2D eigenvalue weighted by Crippen LogP contribution is 2.35. The van der Waals surface area contributed by atoms with Crippen molar-refractivity contribution in [1.29, 1.82) is 0 Å². The lowest BCUT2D eigenvalue weighted by Gasteiger charge is -2.36. The minimum absolute atomic E-state index is 0.127. The van der Waals surface area contributed by atoms with E-state index in [1.165, 1.54) is 10.5 Å². The number of halogens is 1. The second kappa shape index (κ2) is 13.3. The molecule has 0 saturated carbocycles. The van der Waals surface area contributed by atoms with Crippen LogP contribution in [0.2, 0.25) is 5.02 Å². The van der Waals surface area contributed by atoms with Crippen LogP contribution in [0.5, 0.6) is 0 Å². The fourth-order valence-corrected chi connectivity index (χ4v) is 5.77. The Labute approximate surface area is 226 Å². The fourth-order valence-electron chi connectivity index (χ4n) is 4.45. The zero-order valence-corrected chi connectivity index (χ0v) is 23.8. The van der Waals surface area contributed by atoms with E-state index in [0.29, 0.717) is 31.4 Å². The second-order valence-corrected chi connectivity index (χ2v) is 11.0. The summed E-state index contributed by atoms with van der Waals surface area (Å²) in [5, 5.41) is 0.797. The minimum atomic E-state index is -0.596. The van der Waals surface area contributed by atoms with Gasteiger partial charge in [-0.1, -0.05) is 67.0 Å². The Hall–Kier alpha value is -2.24. The van der Waals surface area contributed by atoms with Crippen molar-refractivity contribution in [3.05, 3.63) is 71.3 Å². The van der Waals surface area contributed by atoms with E-state index in [4.69, 9.17) is 31.1 Å². The van der Waals surface area contributed by atoms with Gasteiger partial charge in [-0.3, -0.25) is 0 Å². The summed E-state index contributed by atoms with van der Waals surface area (Å²) in [7, 11) is 0. The molecule has 36 heavy (non-hydrogen) atoms. The Kier molecular flexibility index (Phi) is 10.5. The molecule has 0 aliphatic carbocycles. The van der Waals surface area contributed by atoms with Crippen LogP contribution < -0.4 is 0 Å². The smallest absolute Gasteiger partial charge is 0.213 e. The Bertz CT molecular complexity index is 1100. The van der Waals surface area contributed by atoms with Gasteiger partial charge in [0.1, 0.15) is 11.6 Å². The molecule has 0 spiro atoms. The molecule has 3 rings (SSSR count). The quantitative estimate of drug-likeness (QED) is 0.276. The monoisotopic (exact) mass is 526 g/mol. The second-order valence-electron chi connectivity index (χ2n) is 9.49. The van der Waals surface area contributed by atoms with Crippen molar-refractivity contribution in [3.63, 3.8) is 0 Å². The van der Waals surface area contributed by atoms with Gasteiger partial charge in [-0.15, -0.1) is 6.58 Å². The minimum Gasteiger partial charge on any atom is -0.480 e. The third-order valence-corrected chi connectivity index (χ3v) is 7.54. The van der Waals surface area contributed by atoms with Crippen LogP contribution in [0, 0.1) is 12.8 Å². The number of hydrogen-bond donors (Lipinski definition) is 0. The number of hydrogen-bond acceptors (Lipinski definition) is 5. The molecule has 194 valence electrons. The normalized spacial score (nSPS) is 19.6. The first-order valence-corrected chi connectivity index (χ1v) is 14.1. The zero-order chi connectivity index (χ0) is 26.1. The average Bonchev–Trinajstić information content (AvgIpc) is 2.82. The molecule has 1 aliphatic rings. The molecule has 0 saturated heterocycles. The van der Waals surface area contributed by atoms with Crippen molar-refractivity contribution >= 4 is 35.2 Å². The molecular weight excluding hydrogens is 488 g/mol. The van der Waals surface area contributed by atoms with Crippen LogP contribution in [0.3, 0.4) is 0 Å². The van der Waals surface area contributed by atoms with Crippen LogP contribution >= 0.6 is 23.4 Å². The molecule has 0 N–H and O–H groups in total. The van der Waals surface area contributed by atoms with Gasteiger partial charge in [0.25, 0.3) is 0 Å². The van der Waals surface area contributed by atoms with E-state index >= 15 is 0 Å². The van der Waals surface area contributed by atoms with E-state index in [1.54, 1.807) is 11.8 Å². The molecule has 0 bridgehead atoms. The lowest BCUT2D eigenvalue weighted by atomic mass is 9.86. The Balaban J connectivity index is 1.77. The topological polar surface area (TPSA) is 43.2 Å². The third-order valence-electron chi connectivity index (χ3n) is 6.20. The Morgan fingerprint density at radius 3 is 2.50 bits per heavy atom.